The average molecular weight is 299 g/mol. The molecule has 1 aromatic heterocycles. The lowest BCUT2D eigenvalue weighted by Gasteiger charge is -2.27. The molecule has 6 nitrogen and oxygen atoms in total. The molecular weight excluding hydrogens is 278 g/mol. The molecule has 1 rings (SSSR count). The van der Waals surface area contributed by atoms with Gasteiger partial charge >= 0.3 is 12.0 Å². The average Bonchev–Trinajstić information content (AvgIpc) is 2.71. The maximum atomic E-state index is 12.3. The maximum Gasteiger partial charge on any atom is 0.323 e. The predicted octanol–water partition coefficient (Wildman–Crippen LogP) is 2.05. The van der Waals surface area contributed by atoms with Crippen molar-refractivity contribution in [2.24, 2.45) is 5.92 Å². The number of carbonyl (C=O) groups is 2. The number of carboxylic acid groups (broad SMARTS) is 1. The molecule has 0 atom stereocenters. The van der Waals surface area contributed by atoms with Crippen molar-refractivity contribution in [1.29, 1.82) is 0 Å². The highest BCUT2D eigenvalue weighted by molar-refractivity contribution is 7.09. The van der Waals surface area contributed by atoms with Crippen LogP contribution in [0.2, 0.25) is 0 Å². The lowest BCUT2D eigenvalue weighted by atomic mass is 10.2. The van der Waals surface area contributed by atoms with Crippen molar-refractivity contribution in [1.82, 2.24) is 14.8 Å². The van der Waals surface area contributed by atoms with E-state index in [1.54, 1.807) is 7.05 Å². The van der Waals surface area contributed by atoms with Crippen molar-refractivity contribution in [3.63, 3.8) is 0 Å². The Hall–Kier alpha value is -1.63. The van der Waals surface area contributed by atoms with Gasteiger partial charge < -0.3 is 14.9 Å². The first-order valence-electron chi connectivity index (χ1n) is 6.42. The van der Waals surface area contributed by atoms with Gasteiger partial charge in [-0.1, -0.05) is 13.8 Å². The fraction of sp³-hybridized carbons (Fsp3) is 0.615. The Labute approximate surface area is 123 Å². The third-order valence-electron chi connectivity index (χ3n) is 2.57. The topological polar surface area (TPSA) is 73.7 Å². The number of aryl methyl sites for hydroxylation is 1. The Morgan fingerprint density at radius 3 is 2.55 bits per heavy atom. The molecule has 2 amide bonds. The molecule has 0 bridgehead atoms. The SMILES string of the molecule is Cc1nc(CN(C)C(=O)N(CC(=O)O)CC(C)C)cs1. The summed E-state index contributed by atoms with van der Waals surface area (Å²) in [6.45, 7) is 6.34. The van der Waals surface area contributed by atoms with Crippen molar-refractivity contribution >= 4 is 23.3 Å². The number of urea groups is 1. The van der Waals surface area contributed by atoms with E-state index in [4.69, 9.17) is 5.11 Å². The second-order valence-corrected chi connectivity index (χ2v) is 6.23. The van der Waals surface area contributed by atoms with Crippen LogP contribution in [-0.4, -0.2) is 52.0 Å². The molecule has 0 saturated heterocycles. The summed E-state index contributed by atoms with van der Waals surface area (Å²) >= 11 is 1.53. The van der Waals surface area contributed by atoms with E-state index in [0.717, 1.165) is 10.7 Å². The van der Waals surface area contributed by atoms with E-state index in [9.17, 15) is 9.59 Å². The number of aromatic nitrogens is 1. The quantitative estimate of drug-likeness (QED) is 0.872. The van der Waals surface area contributed by atoms with Crippen LogP contribution in [0.5, 0.6) is 0 Å². The molecular formula is C13H21N3O3S. The normalized spacial score (nSPS) is 10.7. The smallest absolute Gasteiger partial charge is 0.323 e. The molecule has 112 valence electrons. The zero-order chi connectivity index (χ0) is 15.3. The zero-order valence-corrected chi connectivity index (χ0v) is 13.1. The van der Waals surface area contributed by atoms with Crippen LogP contribution in [0.25, 0.3) is 0 Å². The lowest BCUT2D eigenvalue weighted by molar-refractivity contribution is -0.137. The summed E-state index contributed by atoms with van der Waals surface area (Å²) in [7, 11) is 1.66. The summed E-state index contributed by atoms with van der Waals surface area (Å²) in [5.41, 5.74) is 0.822. The second-order valence-electron chi connectivity index (χ2n) is 5.16. The van der Waals surface area contributed by atoms with Gasteiger partial charge in [-0.15, -0.1) is 11.3 Å². The maximum absolute atomic E-state index is 12.3. The molecule has 0 radical (unpaired) electrons. The summed E-state index contributed by atoms with van der Waals surface area (Å²) in [6.07, 6.45) is 0. The van der Waals surface area contributed by atoms with Gasteiger partial charge in [0.2, 0.25) is 0 Å². The number of carboxylic acids is 1. The number of hydrogen-bond donors (Lipinski definition) is 1. The molecule has 1 heterocycles. The molecule has 0 spiro atoms. The number of hydrogen-bond acceptors (Lipinski definition) is 4. The van der Waals surface area contributed by atoms with Crippen LogP contribution in [0.3, 0.4) is 0 Å². The number of nitrogens with zero attached hydrogens (tertiary/aromatic N) is 3. The van der Waals surface area contributed by atoms with Crippen molar-refractivity contribution in [2.75, 3.05) is 20.1 Å². The van der Waals surface area contributed by atoms with Crippen LogP contribution in [0, 0.1) is 12.8 Å². The Bertz CT molecular complexity index is 473. The first-order chi connectivity index (χ1) is 9.29. The largest absolute Gasteiger partial charge is 0.480 e. The van der Waals surface area contributed by atoms with Gasteiger partial charge in [0, 0.05) is 19.0 Å². The molecule has 0 aliphatic heterocycles. The molecule has 7 heteroatoms. The number of amides is 2. The van der Waals surface area contributed by atoms with Crippen LogP contribution in [-0.2, 0) is 11.3 Å². The molecule has 0 aliphatic carbocycles. The minimum Gasteiger partial charge on any atom is -0.480 e. The number of carbonyl (C=O) groups excluding carboxylic acids is 1. The third-order valence-corrected chi connectivity index (χ3v) is 3.40. The van der Waals surface area contributed by atoms with Crippen molar-refractivity contribution in [3.8, 4) is 0 Å². The predicted molar refractivity (Wildman–Crippen MR) is 77.8 cm³/mol. The summed E-state index contributed by atoms with van der Waals surface area (Å²) in [4.78, 5) is 30.3. The summed E-state index contributed by atoms with van der Waals surface area (Å²) < 4.78 is 0. The van der Waals surface area contributed by atoms with Gasteiger partial charge in [-0.2, -0.15) is 0 Å². The van der Waals surface area contributed by atoms with Crippen LogP contribution in [0.4, 0.5) is 4.79 Å². The Balaban J connectivity index is 2.69. The van der Waals surface area contributed by atoms with Gasteiger partial charge in [0.1, 0.15) is 6.54 Å². The molecule has 0 aromatic carbocycles. The van der Waals surface area contributed by atoms with Crippen LogP contribution in [0.1, 0.15) is 24.5 Å². The first kappa shape index (κ1) is 16.4. The van der Waals surface area contributed by atoms with E-state index in [1.807, 2.05) is 26.2 Å². The van der Waals surface area contributed by atoms with Crippen molar-refractivity contribution < 1.29 is 14.7 Å². The summed E-state index contributed by atoms with van der Waals surface area (Å²) in [5, 5.41) is 11.8. The van der Waals surface area contributed by atoms with Crippen molar-refractivity contribution in [3.05, 3.63) is 16.1 Å². The van der Waals surface area contributed by atoms with Gasteiger partial charge in [0.25, 0.3) is 0 Å². The van der Waals surface area contributed by atoms with Crippen LogP contribution < -0.4 is 0 Å². The van der Waals surface area contributed by atoms with E-state index >= 15 is 0 Å². The Morgan fingerprint density at radius 1 is 1.45 bits per heavy atom. The monoisotopic (exact) mass is 299 g/mol. The number of aliphatic carboxylic acids is 1. The second kappa shape index (κ2) is 7.23. The highest BCUT2D eigenvalue weighted by atomic mass is 32.1. The molecule has 1 aromatic rings. The fourth-order valence-electron chi connectivity index (χ4n) is 1.85. The fourth-order valence-corrected chi connectivity index (χ4v) is 2.45. The third kappa shape index (κ3) is 5.16. The van der Waals surface area contributed by atoms with Gasteiger partial charge in [0.15, 0.2) is 0 Å². The number of rotatable bonds is 6. The van der Waals surface area contributed by atoms with Gasteiger partial charge in [-0.05, 0) is 12.8 Å². The standard InChI is InChI=1S/C13H21N3O3S/c1-9(2)5-16(7-12(17)18)13(19)15(4)6-11-8-20-10(3)14-11/h8-9H,5-7H2,1-4H3,(H,17,18). The van der Waals surface area contributed by atoms with Gasteiger partial charge in [-0.25, -0.2) is 9.78 Å². The van der Waals surface area contributed by atoms with Gasteiger partial charge in [-0.3, -0.25) is 4.79 Å². The van der Waals surface area contributed by atoms with E-state index in [0.29, 0.717) is 13.1 Å². The molecule has 20 heavy (non-hydrogen) atoms. The highest BCUT2D eigenvalue weighted by Crippen LogP contribution is 2.11. The minimum absolute atomic E-state index is 0.216. The zero-order valence-electron chi connectivity index (χ0n) is 12.3. The molecule has 0 fully saturated rings. The lowest BCUT2D eigenvalue weighted by Crippen LogP contribution is -2.45. The Morgan fingerprint density at radius 2 is 2.10 bits per heavy atom. The summed E-state index contributed by atoms with van der Waals surface area (Å²) in [5.74, 6) is -0.787. The molecule has 0 saturated carbocycles. The minimum atomic E-state index is -1.00. The molecule has 0 unspecified atom stereocenters. The van der Waals surface area contributed by atoms with Gasteiger partial charge in [0.05, 0.1) is 17.2 Å². The van der Waals surface area contributed by atoms with E-state index < -0.39 is 5.97 Å². The summed E-state index contributed by atoms with van der Waals surface area (Å²) in [6, 6.07) is -0.285. The van der Waals surface area contributed by atoms with E-state index in [-0.39, 0.29) is 18.5 Å². The van der Waals surface area contributed by atoms with Crippen LogP contribution in [0.15, 0.2) is 5.38 Å². The van der Waals surface area contributed by atoms with E-state index in [1.165, 1.54) is 21.1 Å². The van der Waals surface area contributed by atoms with Crippen LogP contribution >= 0.6 is 11.3 Å². The highest BCUT2D eigenvalue weighted by Gasteiger charge is 2.21. The Kier molecular flexibility index (Phi) is 5.94. The van der Waals surface area contributed by atoms with E-state index in [2.05, 4.69) is 4.98 Å². The van der Waals surface area contributed by atoms with Crippen molar-refractivity contribution in [2.45, 2.75) is 27.3 Å². The number of thiazole rings is 1. The molecule has 1 N–H and O–H groups in total. The first-order valence-corrected chi connectivity index (χ1v) is 7.30. The molecule has 0 aliphatic rings.